The van der Waals surface area contributed by atoms with Crippen molar-refractivity contribution in [2.75, 3.05) is 6.54 Å². The van der Waals surface area contributed by atoms with E-state index in [2.05, 4.69) is 38.5 Å². The number of hydrogen-bond donors (Lipinski definition) is 2. The van der Waals surface area contributed by atoms with Crippen LogP contribution in [0.1, 0.15) is 106 Å². The molecular weight excluding hydrogens is 376 g/mol. The van der Waals surface area contributed by atoms with Gasteiger partial charge in [-0.25, -0.2) is 5.43 Å². The number of hydrazine groups is 1. The Balaban J connectivity index is 2.86. The van der Waals surface area contributed by atoms with Gasteiger partial charge in [0.05, 0.1) is 11.8 Å². The zero-order valence-electron chi connectivity index (χ0n) is 20.7. The highest BCUT2D eigenvalue weighted by Gasteiger charge is 2.36. The lowest BCUT2D eigenvalue weighted by Gasteiger charge is -2.30. The smallest absolute Gasteiger partial charge is 0.310 e. The molecular formula is C25H48N2O3. The Labute approximate surface area is 185 Å². The zero-order valence-corrected chi connectivity index (χ0v) is 20.7. The van der Waals surface area contributed by atoms with Crippen LogP contribution in [0.15, 0.2) is 0 Å². The molecule has 1 unspecified atom stereocenters. The summed E-state index contributed by atoms with van der Waals surface area (Å²) in [7, 11) is 0. The number of carbonyl (C=O) groups excluding carboxylic acids is 2. The van der Waals surface area contributed by atoms with Gasteiger partial charge in [0.2, 0.25) is 5.91 Å². The highest BCUT2D eigenvalue weighted by Crippen LogP contribution is 2.32. The van der Waals surface area contributed by atoms with Gasteiger partial charge >= 0.3 is 5.97 Å². The summed E-state index contributed by atoms with van der Waals surface area (Å²) >= 11 is 0. The van der Waals surface area contributed by atoms with Gasteiger partial charge < -0.3 is 4.74 Å². The molecule has 0 aromatic heterocycles. The van der Waals surface area contributed by atoms with Crippen LogP contribution in [-0.4, -0.2) is 24.0 Å². The van der Waals surface area contributed by atoms with E-state index in [1.54, 1.807) is 0 Å². The first-order valence-corrected chi connectivity index (χ1v) is 12.2. The Bertz CT molecular complexity index is 505. The average molecular weight is 425 g/mol. The lowest BCUT2D eigenvalue weighted by atomic mass is 9.79. The molecule has 0 saturated heterocycles. The van der Waals surface area contributed by atoms with Crippen LogP contribution >= 0.6 is 0 Å². The van der Waals surface area contributed by atoms with E-state index in [-0.39, 0.29) is 17.8 Å². The number of amides is 1. The van der Waals surface area contributed by atoms with Crippen LogP contribution in [0.25, 0.3) is 0 Å². The minimum absolute atomic E-state index is 0.0853. The molecule has 5 heteroatoms. The Morgan fingerprint density at radius 3 is 2.13 bits per heavy atom. The molecule has 0 heterocycles. The molecule has 1 amide bonds. The summed E-state index contributed by atoms with van der Waals surface area (Å²) in [6.45, 7) is 14.8. The molecule has 0 aromatic rings. The Hall–Kier alpha value is -1.10. The van der Waals surface area contributed by atoms with Crippen molar-refractivity contribution in [1.29, 1.82) is 0 Å². The number of rotatable bonds is 12. The van der Waals surface area contributed by atoms with E-state index in [0.717, 1.165) is 25.2 Å². The monoisotopic (exact) mass is 424 g/mol. The van der Waals surface area contributed by atoms with Crippen molar-refractivity contribution < 1.29 is 14.3 Å². The van der Waals surface area contributed by atoms with Gasteiger partial charge in [-0.05, 0) is 51.4 Å². The van der Waals surface area contributed by atoms with Crippen LogP contribution in [0.2, 0.25) is 0 Å². The van der Waals surface area contributed by atoms with Gasteiger partial charge in [-0.1, -0.05) is 72.6 Å². The molecule has 0 radical (unpaired) electrons. The van der Waals surface area contributed by atoms with E-state index in [1.807, 2.05) is 20.8 Å². The van der Waals surface area contributed by atoms with Crippen LogP contribution < -0.4 is 10.9 Å². The SMILES string of the molecule is CC(C)CNNC(=O)C(CC(C)C)[C@H](CCCC1CCCCC1)C(=O)OC(C)(C)C. The standard InChI is InChI=1S/C25H48N2O3/c1-18(2)16-22(23(28)27-26-17-19(3)4)21(24(29)30-25(5,6)7)15-11-14-20-12-9-8-10-13-20/h18-22,26H,8-17H2,1-7H3,(H,27,28)/t21-,22?/m0/s1. The van der Waals surface area contributed by atoms with Crippen molar-refractivity contribution in [1.82, 2.24) is 10.9 Å². The number of hydrogen-bond acceptors (Lipinski definition) is 4. The molecule has 2 atom stereocenters. The summed E-state index contributed by atoms with van der Waals surface area (Å²) in [6.07, 6.45) is 10.2. The average Bonchev–Trinajstić information content (AvgIpc) is 2.62. The van der Waals surface area contributed by atoms with E-state index in [9.17, 15) is 9.59 Å². The Morgan fingerprint density at radius 2 is 1.60 bits per heavy atom. The molecule has 5 nitrogen and oxygen atoms in total. The van der Waals surface area contributed by atoms with Gasteiger partial charge in [-0.2, -0.15) is 0 Å². The first-order chi connectivity index (χ1) is 14.0. The minimum Gasteiger partial charge on any atom is -0.460 e. The maximum atomic E-state index is 13.1. The van der Waals surface area contributed by atoms with E-state index in [1.165, 1.54) is 32.1 Å². The molecule has 30 heavy (non-hydrogen) atoms. The molecule has 176 valence electrons. The quantitative estimate of drug-likeness (QED) is 0.314. The summed E-state index contributed by atoms with van der Waals surface area (Å²) in [5.74, 6) is 0.471. The molecule has 1 saturated carbocycles. The van der Waals surface area contributed by atoms with Crippen LogP contribution in [-0.2, 0) is 14.3 Å². The van der Waals surface area contributed by atoms with Crippen LogP contribution in [0.3, 0.4) is 0 Å². The topological polar surface area (TPSA) is 67.4 Å². The van der Waals surface area contributed by atoms with E-state index in [0.29, 0.717) is 24.8 Å². The Morgan fingerprint density at radius 1 is 0.967 bits per heavy atom. The van der Waals surface area contributed by atoms with Crippen LogP contribution in [0.4, 0.5) is 0 Å². The van der Waals surface area contributed by atoms with Crippen molar-refractivity contribution in [2.24, 2.45) is 29.6 Å². The third-order valence-corrected chi connectivity index (χ3v) is 5.83. The van der Waals surface area contributed by atoms with Crippen molar-refractivity contribution in [3.05, 3.63) is 0 Å². The van der Waals surface area contributed by atoms with Crippen molar-refractivity contribution >= 4 is 11.9 Å². The summed E-state index contributed by atoms with van der Waals surface area (Å²) in [5, 5.41) is 0. The van der Waals surface area contributed by atoms with Gasteiger partial charge in [0, 0.05) is 6.54 Å². The summed E-state index contributed by atoms with van der Waals surface area (Å²) in [4.78, 5) is 26.2. The number of nitrogens with one attached hydrogen (secondary N) is 2. The summed E-state index contributed by atoms with van der Waals surface area (Å²) < 4.78 is 5.76. The van der Waals surface area contributed by atoms with Crippen LogP contribution in [0.5, 0.6) is 0 Å². The molecule has 1 rings (SSSR count). The lowest BCUT2D eigenvalue weighted by Crippen LogP contribution is -2.47. The maximum absolute atomic E-state index is 13.1. The van der Waals surface area contributed by atoms with Gasteiger partial charge in [0.25, 0.3) is 0 Å². The molecule has 2 N–H and O–H groups in total. The second kappa shape index (κ2) is 13.3. The number of carbonyl (C=O) groups is 2. The molecule has 0 aliphatic heterocycles. The largest absolute Gasteiger partial charge is 0.460 e. The van der Waals surface area contributed by atoms with Crippen molar-refractivity contribution in [2.45, 2.75) is 112 Å². The highest BCUT2D eigenvalue weighted by molar-refractivity contribution is 5.85. The number of esters is 1. The third kappa shape index (κ3) is 11.3. The normalized spacial score (nSPS) is 17.8. The molecule has 0 aromatic carbocycles. The van der Waals surface area contributed by atoms with Gasteiger partial charge in [0.15, 0.2) is 0 Å². The molecule has 0 bridgehead atoms. The van der Waals surface area contributed by atoms with E-state index < -0.39 is 11.5 Å². The number of ether oxygens (including phenoxy) is 1. The van der Waals surface area contributed by atoms with E-state index >= 15 is 0 Å². The molecule has 1 fully saturated rings. The fourth-order valence-corrected chi connectivity index (χ4v) is 4.36. The van der Waals surface area contributed by atoms with Gasteiger partial charge in [-0.15, -0.1) is 0 Å². The fraction of sp³-hybridized carbons (Fsp3) is 0.920. The molecule has 1 aliphatic rings. The second-order valence-corrected chi connectivity index (χ2v) is 11.1. The van der Waals surface area contributed by atoms with Crippen LogP contribution in [0, 0.1) is 29.6 Å². The molecule has 1 aliphatic carbocycles. The highest BCUT2D eigenvalue weighted by atomic mass is 16.6. The first-order valence-electron chi connectivity index (χ1n) is 12.2. The second-order valence-electron chi connectivity index (χ2n) is 11.1. The van der Waals surface area contributed by atoms with Crippen molar-refractivity contribution in [3.8, 4) is 0 Å². The first kappa shape index (κ1) is 26.9. The summed E-state index contributed by atoms with van der Waals surface area (Å²) in [6, 6.07) is 0. The minimum atomic E-state index is -0.548. The molecule has 0 spiro atoms. The Kier molecular flexibility index (Phi) is 12.0. The third-order valence-electron chi connectivity index (χ3n) is 5.83. The predicted octanol–water partition coefficient (Wildman–Crippen LogP) is 5.63. The fourth-order valence-electron chi connectivity index (χ4n) is 4.36. The maximum Gasteiger partial charge on any atom is 0.310 e. The predicted molar refractivity (Wildman–Crippen MR) is 124 cm³/mol. The lowest BCUT2D eigenvalue weighted by molar-refractivity contribution is -0.164. The van der Waals surface area contributed by atoms with Gasteiger partial charge in [-0.3, -0.25) is 15.0 Å². The van der Waals surface area contributed by atoms with E-state index in [4.69, 9.17) is 4.74 Å². The van der Waals surface area contributed by atoms with Gasteiger partial charge in [0.1, 0.15) is 5.60 Å². The van der Waals surface area contributed by atoms with Crippen molar-refractivity contribution in [3.63, 3.8) is 0 Å². The summed E-state index contributed by atoms with van der Waals surface area (Å²) in [5.41, 5.74) is 5.35. The zero-order chi connectivity index (χ0) is 22.7.